The normalized spacial score (nSPS) is 11.7. The summed E-state index contributed by atoms with van der Waals surface area (Å²) >= 11 is 0. The lowest BCUT2D eigenvalue weighted by Crippen LogP contribution is -2.14. The maximum absolute atomic E-state index is 12.3. The fourth-order valence-corrected chi connectivity index (χ4v) is 2.28. The molecule has 4 nitrogen and oxygen atoms in total. The number of aromatic carboxylic acids is 1. The standard InChI is InChI=1S/C18H16O4/c1-12(19)16(11-17(20)14-5-3-2-4-6-14)13-7-9-15(10-8-13)18(21)22/h2-10,16H,11H2,1H3,(H,21,22). The first-order valence-electron chi connectivity index (χ1n) is 6.91. The molecule has 0 aliphatic heterocycles. The highest BCUT2D eigenvalue weighted by molar-refractivity contribution is 6.00. The number of Topliss-reactive ketones (excluding diaryl/α,β-unsaturated/α-hetero) is 2. The first-order chi connectivity index (χ1) is 10.5. The molecule has 4 heteroatoms. The van der Waals surface area contributed by atoms with Crippen molar-refractivity contribution >= 4 is 17.5 Å². The Balaban J connectivity index is 2.22. The van der Waals surface area contributed by atoms with Gasteiger partial charge in [0.15, 0.2) is 5.78 Å². The Hall–Kier alpha value is -2.75. The SMILES string of the molecule is CC(=O)C(CC(=O)c1ccccc1)c1ccc(C(=O)O)cc1. The molecular formula is C18H16O4. The molecule has 0 fully saturated rings. The lowest BCUT2D eigenvalue weighted by atomic mass is 9.88. The Morgan fingerprint density at radius 3 is 2.00 bits per heavy atom. The summed E-state index contributed by atoms with van der Waals surface area (Å²) in [4.78, 5) is 35.0. The highest BCUT2D eigenvalue weighted by atomic mass is 16.4. The molecule has 2 rings (SSSR count). The molecule has 112 valence electrons. The Morgan fingerprint density at radius 2 is 1.50 bits per heavy atom. The molecule has 1 unspecified atom stereocenters. The third kappa shape index (κ3) is 3.67. The van der Waals surface area contributed by atoms with Gasteiger partial charge in [-0.3, -0.25) is 9.59 Å². The van der Waals surface area contributed by atoms with Gasteiger partial charge >= 0.3 is 5.97 Å². The van der Waals surface area contributed by atoms with E-state index in [0.717, 1.165) is 0 Å². The predicted molar refractivity (Wildman–Crippen MR) is 82.2 cm³/mol. The number of carbonyl (C=O) groups is 3. The number of hydrogen-bond donors (Lipinski definition) is 1. The molecule has 1 N–H and O–H groups in total. The van der Waals surface area contributed by atoms with E-state index in [0.29, 0.717) is 11.1 Å². The average molecular weight is 296 g/mol. The van der Waals surface area contributed by atoms with Gasteiger partial charge in [-0.25, -0.2) is 4.79 Å². The van der Waals surface area contributed by atoms with Gasteiger partial charge in [-0.05, 0) is 24.6 Å². The van der Waals surface area contributed by atoms with Crippen LogP contribution in [0.15, 0.2) is 54.6 Å². The second kappa shape index (κ2) is 6.80. The van der Waals surface area contributed by atoms with Gasteiger partial charge in [0, 0.05) is 17.9 Å². The molecule has 0 aliphatic rings. The van der Waals surface area contributed by atoms with Crippen LogP contribution in [0.3, 0.4) is 0 Å². The number of ketones is 2. The van der Waals surface area contributed by atoms with Crippen LogP contribution in [0.5, 0.6) is 0 Å². The first kappa shape index (κ1) is 15.6. The van der Waals surface area contributed by atoms with Crippen molar-refractivity contribution in [1.82, 2.24) is 0 Å². The molecule has 0 amide bonds. The van der Waals surface area contributed by atoms with Crippen molar-refractivity contribution in [2.45, 2.75) is 19.3 Å². The molecular weight excluding hydrogens is 280 g/mol. The first-order valence-corrected chi connectivity index (χ1v) is 6.91. The van der Waals surface area contributed by atoms with Crippen LogP contribution >= 0.6 is 0 Å². The lowest BCUT2D eigenvalue weighted by Gasteiger charge is -2.14. The van der Waals surface area contributed by atoms with E-state index in [-0.39, 0.29) is 23.6 Å². The topological polar surface area (TPSA) is 71.4 Å². The van der Waals surface area contributed by atoms with E-state index in [9.17, 15) is 14.4 Å². The van der Waals surface area contributed by atoms with Crippen molar-refractivity contribution in [1.29, 1.82) is 0 Å². The van der Waals surface area contributed by atoms with Crippen molar-refractivity contribution < 1.29 is 19.5 Å². The molecule has 0 aromatic heterocycles. The van der Waals surface area contributed by atoms with Crippen LogP contribution in [0.2, 0.25) is 0 Å². The van der Waals surface area contributed by atoms with Gasteiger partial charge in [0.2, 0.25) is 0 Å². The minimum Gasteiger partial charge on any atom is -0.478 e. The zero-order valence-electron chi connectivity index (χ0n) is 12.2. The summed E-state index contributed by atoms with van der Waals surface area (Å²) in [7, 11) is 0. The van der Waals surface area contributed by atoms with Gasteiger partial charge < -0.3 is 5.11 Å². The molecule has 0 saturated carbocycles. The molecule has 2 aromatic rings. The molecule has 0 radical (unpaired) electrons. The molecule has 2 aromatic carbocycles. The zero-order valence-corrected chi connectivity index (χ0v) is 12.2. The van der Waals surface area contributed by atoms with E-state index >= 15 is 0 Å². The van der Waals surface area contributed by atoms with Crippen molar-refractivity contribution in [3.8, 4) is 0 Å². The lowest BCUT2D eigenvalue weighted by molar-refractivity contribution is -0.118. The van der Waals surface area contributed by atoms with Crippen molar-refractivity contribution in [2.75, 3.05) is 0 Å². The van der Waals surface area contributed by atoms with E-state index in [2.05, 4.69) is 0 Å². The van der Waals surface area contributed by atoms with Crippen molar-refractivity contribution in [3.63, 3.8) is 0 Å². The van der Waals surface area contributed by atoms with E-state index in [1.807, 2.05) is 6.07 Å². The fraction of sp³-hybridized carbons (Fsp3) is 0.167. The summed E-state index contributed by atoms with van der Waals surface area (Å²) in [5.74, 6) is -1.81. The van der Waals surface area contributed by atoms with Crippen molar-refractivity contribution in [3.05, 3.63) is 71.3 Å². The molecule has 0 bridgehead atoms. The van der Waals surface area contributed by atoms with Crippen LogP contribution in [0.25, 0.3) is 0 Å². The summed E-state index contributed by atoms with van der Waals surface area (Å²) in [5.41, 5.74) is 1.37. The molecule has 22 heavy (non-hydrogen) atoms. The number of carboxylic acids is 1. The van der Waals surface area contributed by atoms with Crippen LogP contribution in [-0.2, 0) is 4.79 Å². The van der Waals surface area contributed by atoms with Gasteiger partial charge in [0.05, 0.1) is 5.56 Å². The predicted octanol–water partition coefficient (Wildman–Crippen LogP) is 3.33. The summed E-state index contributed by atoms with van der Waals surface area (Å²) in [6, 6.07) is 14.9. The minimum absolute atomic E-state index is 0.0752. The van der Waals surface area contributed by atoms with Gasteiger partial charge in [-0.1, -0.05) is 42.5 Å². The maximum atomic E-state index is 12.3. The highest BCUT2D eigenvalue weighted by Gasteiger charge is 2.21. The molecule has 0 aliphatic carbocycles. The maximum Gasteiger partial charge on any atom is 0.335 e. The van der Waals surface area contributed by atoms with Gasteiger partial charge in [0.25, 0.3) is 0 Å². The van der Waals surface area contributed by atoms with Gasteiger partial charge in [-0.15, -0.1) is 0 Å². The van der Waals surface area contributed by atoms with E-state index < -0.39 is 11.9 Å². The number of benzene rings is 2. The summed E-state index contributed by atoms with van der Waals surface area (Å²) in [5, 5.41) is 8.90. The highest BCUT2D eigenvalue weighted by Crippen LogP contribution is 2.23. The monoisotopic (exact) mass is 296 g/mol. The van der Waals surface area contributed by atoms with Gasteiger partial charge in [-0.2, -0.15) is 0 Å². The number of carbonyl (C=O) groups excluding carboxylic acids is 2. The summed E-state index contributed by atoms with van der Waals surface area (Å²) < 4.78 is 0. The van der Waals surface area contributed by atoms with Crippen molar-refractivity contribution in [2.24, 2.45) is 0 Å². The Labute approximate surface area is 128 Å². The second-order valence-corrected chi connectivity index (χ2v) is 5.08. The Morgan fingerprint density at radius 1 is 0.909 bits per heavy atom. The Bertz CT molecular complexity index is 687. The third-order valence-corrected chi connectivity index (χ3v) is 3.54. The average Bonchev–Trinajstić information content (AvgIpc) is 2.53. The molecule has 0 heterocycles. The van der Waals surface area contributed by atoms with Crippen LogP contribution in [0, 0.1) is 0 Å². The second-order valence-electron chi connectivity index (χ2n) is 5.08. The van der Waals surface area contributed by atoms with Crippen LogP contribution in [-0.4, -0.2) is 22.6 Å². The van der Waals surface area contributed by atoms with Crippen LogP contribution in [0.4, 0.5) is 0 Å². The number of hydrogen-bond acceptors (Lipinski definition) is 3. The zero-order chi connectivity index (χ0) is 16.1. The fourth-order valence-electron chi connectivity index (χ4n) is 2.28. The quantitative estimate of drug-likeness (QED) is 0.830. The minimum atomic E-state index is -1.02. The Kier molecular flexibility index (Phi) is 4.84. The number of rotatable bonds is 6. The smallest absolute Gasteiger partial charge is 0.335 e. The van der Waals surface area contributed by atoms with Crippen LogP contribution in [0.1, 0.15) is 45.5 Å². The largest absolute Gasteiger partial charge is 0.478 e. The number of carboxylic acid groups (broad SMARTS) is 1. The molecule has 0 spiro atoms. The van der Waals surface area contributed by atoms with Gasteiger partial charge in [0.1, 0.15) is 5.78 Å². The van der Waals surface area contributed by atoms with E-state index in [1.165, 1.54) is 19.1 Å². The summed E-state index contributed by atoms with van der Waals surface area (Å²) in [6.45, 7) is 1.44. The van der Waals surface area contributed by atoms with Crippen LogP contribution < -0.4 is 0 Å². The molecule has 1 atom stereocenters. The van der Waals surface area contributed by atoms with E-state index in [1.54, 1.807) is 36.4 Å². The summed E-state index contributed by atoms with van der Waals surface area (Å²) in [6.07, 6.45) is 0.0752. The van der Waals surface area contributed by atoms with E-state index in [4.69, 9.17) is 5.11 Å². The third-order valence-electron chi connectivity index (χ3n) is 3.54. The molecule has 0 saturated heterocycles.